The molecule has 0 nitrogen and oxygen atoms in total. The molecular weight excluding hydrogens is 307 g/mol. The van der Waals surface area contributed by atoms with E-state index in [-0.39, 0.29) is 0 Å². The van der Waals surface area contributed by atoms with E-state index in [9.17, 15) is 0 Å². The van der Waals surface area contributed by atoms with Gasteiger partial charge in [-0.3, -0.25) is 0 Å². The van der Waals surface area contributed by atoms with Crippen LogP contribution in [0.25, 0.3) is 0 Å². The summed E-state index contributed by atoms with van der Waals surface area (Å²) in [6.07, 6.45) is 0. The summed E-state index contributed by atoms with van der Waals surface area (Å²) in [5.74, 6) is 0.638. The monoisotopic (exact) mass is 326 g/mol. The zero-order valence-corrected chi connectivity index (χ0v) is 14.9. The van der Waals surface area contributed by atoms with Crippen molar-refractivity contribution in [1.82, 2.24) is 0 Å². The van der Waals surface area contributed by atoms with E-state index in [1.165, 1.54) is 11.1 Å². The number of hydrogen-bond acceptors (Lipinski definition) is 0. The molecule has 17 heavy (non-hydrogen) atoms. The van der Waals surface area contributed by atoms with E-state index in [0.717, 1.165) is 0 Å². The van der Waals surface area contributed by atoms with Crippen molar-refractivity contribution < 1.29 is 0 Å². The van der Waals surface area contributed by atoms with E-state index in [2.05, 4.69) is 69.3 Å². The fourth-order valence-electron chi connectivity index (χ4n) is 1.96. The van der Waals surface area contributed by atoms with Crippen LogP contribution >= 0.6 is 0 Å². The van der Waals surface area contributed by atoms with E-state index in [4.69, 9.17) is 0 Å². The summed E-state index contributed by atoms with van der Waals surface area (Å²) in [7, 11) is 0. The minimum atomic E-state index is -0.965. The predicted molar refractivity (Wildman–Crippen MR) is 78.1 cm³/mol. The maximum atomic E-state index is 2.34. The van der Waals surface area contributed by atoms with Crippen molar-refractivity contribution >= 4 is 29.5 Å². The normalized spacial score (nSPS) is 10.6. The van der Waals surface area contributed by atoms with Crippen LogP contribution in [0.1, 0.15) is 30.9 Å². The summed E-state index contributed by atoms with van der Waals surface area (Å²) in [6, 6.07) is 18.3. The number of aryl methyl sites for hydroxylation is 1. The van der Waals surface area contributed by atoms with Crippen molar-refractivity contribution in [1.29, 1.82) is 0 Å². The Bertz CT molecular complexity index is 466. The average molecular weight is 326 g/mol. The molecule has 0 N–H and O–H groups in total. The molecule has 0 spiro atoms. The molecule has 0 fully saturated rings. The average Bonchev–Trinajstić information content (AvgIpc) is 2.33. The molecule has 0 unspecified atom stereocenters. The molecule has 0 aromatic heterocycles. The Balaban J connectivity index is 2.11. The zero-order valence-electron chi connectivity index (χ0n) is 10.9. The first-order chi connectivity index (χ1) is 8.15. The molecule has 2 aromatic rings. The Kier molecular flexibility index (Phi) is 4.33. The summed E-state index contributed by atoms with van der Waals surface area (Å²) in [4.78, 5) is 0. The van der Waals surface area contributed by atoms with Crippen molar-refractivity contribution in [3.05, 3.63) is 59.7 Å². The number of benzene rings is 2. The van der Waals surface area contributed by atoms with Crippen LogP contribution in [0.15, 0.2) is 48.5 Å². The molecule has 0 aliphatic heterocycles. The Labute approximate surface area is 115 Å². The van der Waals surface area contributed by atoms with Crippen molar-refractivity contribution in [3.63, 3.8) is 0 Å². The third kappa shape index (κ3) is 3.64. The molecule has 2 rings (SSSR count). The van der Waals surface area contributed by atoms with Crippen molar-refractivity contribution in [2.24, 2.45) is 0 Å². The van der Waals surface area contributed by atoms with Crippen LogP contribution in [0, 0.1) is 6.92 Å². The molecule has 0 amide bonds. The standard InChI is InChI=1S/C9H11.C7H7.In.H/c1-8(2)9-6-4-3-5-7-9;1-7-5-3-2-4-6-7;;/h4-8H,1-2H3;3-6H,1H3;;. The topological polar surface area (TPSA) is 0 Å². The van der Waals surface area contributed by atoms with Crippen molar-refractivity contribution in [3.8, 4) is 0 Å². The molecule has 0 saturated carbocycles. The second kappa shape index (κ2) is 5.77. The van der Waals surface area contributed by atoms with Crippen LogP contribution < -0.4 is 6.64 Å². The van der Waals surface area contributed by atoms with Crippen molar-refractivity contribution in [2.45, 2.75) is 26.7 Å². The summed E-state index contributed by atoms with van der Waals surface area (Å²) < 4.78 is 3.19. The summed E-state index contributed by atoms with van der Waals surface area (Å²) in [5.41, 5.74) is 2.80. The van der Waals surface area contributed by atoms with Gasteiger partial charge in [-0.15, -0.1) is 0 Å². The van der Waals surface area contributed by atoms with Gasteiger partial charge in [0, 0.05) is 0 Å². The zero-order chi connectivity index (χ0) is 12.3. The van der Waals surface area contributed by atoms with Crippen molar-refractivity contribution in [2.75, 3.05) is 0 Å². The van der Waals surface area contributed by atoms with Crippen LogP contribution in [-0.4, -0.2) is 22.9 Å². The van der Waals surface area contributed by atoms with Gasteiger partial charge in [0.2, 0.25) is 0 Å². The molecule has 2 aromatic carbocycles. The van der Waals surface area contributed by atoms with Gasteiger partial charge in [0.25, 0.3) is 0 Å². The van der Waals surface area contributed by atoms with E-state index in [1.54, 1.807) is 6.64 Å². The predicted octanol–water partition coefficient (Wildman–Crippen LogP) is 2.51. The molecule has 86 valence electrons. The minimum absolute atomic E-state index is 0.638. The molecule has 0 radical (unpaired) electrons. The first-order valence-electron chi connectivity index (χ1n) is 6.29. The number of rotatable bonds is 3. The first kappa shape index (κ1) is 12.8. The molecule has 1 heteroatoms. The molecule has 0 heterocycles. The van der Waals surface area contributed by atoms with Crippen LogP contribution in [0.5, 0.6) is 0 Å². The van der Waals surface area contributed by atoms with Gasteiger partial charge in [-0.2, -0.15) is 0 Å². The number of hydrogen-bond donors (Lipinski definition) is 0. The third-order valence-electron chi connectivity index (χ3n) is 3.18. The Morgan fingerprint density at radius 1 is 0.765 bits per heavy atom. The van der Waals surface area contributed by atoms with E-state index in [1.807, 2.05) is 0 Å². The first-order valence-corrected chi connectivity index (χ1v) is 10.3. The quantitative estimate of drug-likeness (QED) is 0.813. The Hall–Kier alpha value is -0.690. The Morgan fingerprint density at radius 3 is 1.71 bits per heavy atom. The second-order valence-electron chi connectivity index (χ2n) is 5.06. The van der Waals surface area contributed by atoms with E-state index < -0.39 is 22.9 Å². The molecule has 0 aliphatic rings. The molecule has 0 aliphatic carbocycles. The van der Waals surface area contributed by atoms with Crippen LogP contribution in [0.3, 0.4) is 0 Å². The third-order valence-corrected chi connectivity index (χ3v) is 8.20. The van der Waals surface area contributed by atoms with Gasteiger partial charge in [0.1, 0.15) is 0 Å². The fourth-order valence-corrected chi connectivity index (χ4v) is 6.00. The molecule has 0 bridgehead atoms. The second-order valence-corrected chi connectivity index (χ2v) is 10.7. The van der Waals surface area contributed by atoms with Gasteiger partial charge < -0.3 is 0 Å². The van der Waals surface area contributed by atoms with E-state index in [0.29, 0.717) is 5.92 Å². The van der Waals surface area contributed by atoms with Gasteiger partial charge >= 0.3 is 116 Å². The summed E-state index contributed by atoms with van der Waals surface area (Å²) in [6.45, 7) is 6.65. The van der Waals surface area contributed by atoms with Gasteiger partial charge in [-0.1, -0.05) is 0 Å². The molecular formula is C16H19In. The SMILES string of the molecule is Cc1cc[c]([InH][c]2ccc(C(C)C)cc2)cc1. The Morgan fingerprint density at radius 2 is 1.24 bits per heavy atom. The van der Waals surface area contributed by atoms with Gasteiger partial charge in [-0.05, 0) is 0 Å². The summed E-state index contributed by atoms with van der Waals surface area (Å²) >= 11 is -0.965. The maximum absolute atomic E-state index is 2.34. The van der Waals surface area contributed by atoms with Gasteiger partial charge in [0.15, 0.2) is 0 Å². The van der Waals surface area contributed by atoms with Crippen LogP contribution in [0.2, 0.25) is 0 Å². The van der Waals surface area contributed by atoms with E-state index >= 15 is 0 Å². The van der Waals surface area contributed by atoms with Crippen LogP contribution in [0.4, 0.5) is 0 Å². The van der Waals surface area contributed by atoms with Gasteiger partial charge in [-0.25, -0.2) is 0 Å². The van der Waals surface area contributed by atoms with Gasteiger partial charge in [0.05, 0.1) is 0 Å². The van der Waals surface area contributed by atoms with Crippen LogP contribution in [-0.2, 0) is 0 Å². The summed E-state index contributed by atoms with van der Waals surface area (Å²) in [5, 5.41) is 0. The molecule has 0 atom stereocenters. The molecule has 0 saturated heterocycles. The fraction of sp³-hybridized carbons (Fsp3) is 0.250.